The van der Waals surface area contributed by atoms with Crippen LogP contribution in [0.5, 0.6) is 0 Å². The molecule has 1 aromatic heterocycles. The summed E-state index contributed by atoms with van der Waals surface area (Å²) in [6, 6.07) is 0. The first kappa shape index (κ1) is 12.0. The number of carbonyl (C=O) groups is 2. The maximum atomic E-state index is 11.6. The number of esters is 1. The van der Waals surface area contributed by atoms with Crippen molar-refractivity contribution >= 4 is 17.7 Å². The molecule has 0 saturated carbocycles. The van der Waals surface area contributed by atoms with Crippen LogP contribution in [-0.2, 0) is 4.74 Å². The van der Waals surface area contributed by atoms with Gasteiger partial charge in [-0.15, -0.1) is 0 Å². The number of nitrogens with one attached hydrogen (secondary N) is 2. The molecular weight excluding hydrogens is 214 g/mol. The van der Waals surface area contributed by atoms with Crippen molar-refractivity contribution in [2.24, 2.45) is 0 Å². The zero-order valence-electron chi connectivity index (χ0n) is 9.20. The smallest absolute Gasteiger partial charge is 0.409 e. The molecule has 0 bridgehead atoms. The van der Waals surface area contributed by atoms with E-state index in [1.54, 1.807) is 20.8 Å². The molecule has 0 aliphatic carbocycles. The van der Waals surface area contributed by atoms with Gasteiger partial charge in [0.05, 0.1) is 11.9 Å². The van der Waals surface area contributed by atoms with Gasteiger partial charge in [0.25, 0.3) is 0 Å². The molecule has 0 spiro atoms. The number of aromatic nitrogens is 2. The van der Waals surface area contributed by atoms with Crippen LogP contribution in [0.3, 0.4) is 0 Å². The van der Waals surface area contributed by atoms with E-state index in [9.17, 15) is 9.59 Å². The number of nitrogens with zero attached hydrogens (tertiary/aromatic N) is 1. The van der Waals surface area contributed by atoms with Crippen LogP contribution in [-0.4, -0.2) is 33.0 Å². The molecule has 0 atom stereocenters. The van der Waals surface area contributed by atoms with Crippen LogP contribution in [0, 0.1) is 0 Å². The Labute approximate surface area is 91.8 Å². The highest BCUT2D eigenvalue weighted by atomic mass is 16.6. The quantitative estimate of drug-likeness (QED) is 0.663. The van der Waals surface area contributed by atoms with Gasteiger partial charge in [-0.1, -0.05) is 0 Å². The van der Waals surface area contributed by atoms with E-state index in [0.717, 1.165) is 0 Å². The minimum absolute atomic E-state index is 0.0164. The Bertz CT molecular complexity index is 405. The zero-order chi connectivity index (χ0) is 12.3. The lowest BCUT2D eigenvalue weighted by molar-refractivity contribution is 0.00641. The van der Waals surface area contributed by atoms with Crippen molar-refractivity contribution in [2.75, 3.05) is 5.32 Å². The monoisotopic (exact) mass is 227 g/mol. The lowest BCUT2D eigenvalue weighted by atomic mass is 10.2. The van der Waals surface area contributed by atoms with Gasteiger partial charge >= 0.3 is 12.1 Å². The lowest BCUT2D eigenvalue weighted by Crippen LogP contribution is -2.25. The number of carbonyl (C=O) groups excluding carboxylic acids is 1. The molecule has 7 nitrogen and oxygen atoms in total. The second-order valence-corrected chi connectivity index (χ2v) is 4.09. The van der Waals surface area contributed by atoms with Gasteiger partial charge in [-0.3, -0.25) is 10.4 Å². The number of rotatable bonds is 2. The largest absolute Gasteiger partial charge is 0.465 e. The van der Waals surface area contributed by atoms with Crippen LogP contribution in [0.4, 0.5) is 10.5 Å². The first-order valence-electron chi connectivity index (χ1n) is 4.56. The van der Waals surface area contributed by atoms with Crippen LogP contribution in [0.1, 0.15) is 31.3 Å². The normalized spacial score (nSPS) is 10.9. The molecule has 0 aliphatic rings. The van der Waals surface area contributed by atoms with Crippen molar-refractivity contribution in [1.82, 2.24) is 10.2 Å². The lowest BCUT2D eigenvalue weighted by Gasteiger charge is -2.19. The van der Waals surface area contributed by atoms with Crippen molar-refractivity contribution in [1.29, 1.82) is 0 Å². The van der Waals surface area contributed by atoms with E-state index in [4.69, 9.17) is 9.84 Å². The van der Waals surface area contributed by atoms with Gasteiger partial charge in [0.15, 0.2) is 5.69 Å². The summed E-state index contributed by atoms with van der Waals surface area (Å²) in [4.78, 5) is 22.0. The average Bonchev–Trinajstić information content (AvgIpc) is 2.47. The van der Waals surface area contributed by atoms with Crippen LogP contribution >= 0.6 is 0 Å². The molecule has 1 rings (SSSR count). The number of H-pyrrole nitrogens is 1. The van der Waals surface area contributed by atoms with E-state index < -0.39 is 17.7 Å². The Balaban J connectivity index is 2.84. The molecule has 0 saturated heterocycles. The number of ether oxygens (including phenoxy) is 1. The molecule has 1 amide bonds. The third-order valence-corrected chi connectivity index (χ3v) is 1.48. The molecule has 1 heterocycles. The summed E-state index contributed by atoms with van der Waals surface area (Å²) in [6.07, 6.45) is -0.0703. The Morgan fingerprint density at radius 3 is 2.62 bits per heavy atom. The van der Waals surface area contributed by atoms with Crippen molar-refractivity contribution < 1.29 is 19.4 Å². The molecule has 0 unspecified atom stereocenters. The van der Waals surface area contributed by atoms with Gasteiger partial charge in [-0.25, -0.2) is 9.59 Å². The van der Waals surface area contributed by atoms with Gasteiger partial charge in [-0.2, -0.15) is 5.10 Å². The molecule has 0 radical (unpaired) electrons. The number of aromatic amines is 1. The molecule has 1 aromatic rings. The first-order chi connectivity index (χ1) is 7.29. The predicted octanol–water partition coefficient (Wildman–Crippen LogP) is 1.45. The number of amides is 1. The van der Waals surface area contributed by atoms with Crippen LogP contribution < -0.4 is 5.32 Å². The Hall–Kier alpha value is -2.05. The summed E-state index contributed by atoms with van der Waals surface area (Å²) in [7, 11) is 0. The number of anilines is 1. The Kier molecular flexibility index (Phi) is 3.17. The molecule has 7 heteroatoms. The second-order valence-electron chi connectivity index (χ2n) is 4.09. The first-order valence-corrected chi connectivity index (χ1v) is 4.56. The maximum Gasteiger partial charge on any atom is 0.409 e. The highest BCUT2D eigenvalue weighted by Crippen LogP contribution is 2.16. The standard InChI is InChI=1S/C9H13N3O4/c1-9(2,3)16-7(13)6-5(4-10-12-6)11-8(14)15/h4,11H,1-3H3,(H,10,12)(H,14,15). The van der Waals surface area contributed by atoms with Gasteiger partial charge in [0.2, 0.25) is 0 Å². The SMILES string of the molecule is CC(C)(C)OC(=O)c1[nH]ncc1NC(=O)O. The summed E-state index contributed by atoms with van der Waals surface area (Å²) < 4.78 is 5.06. The number of hydrogen-bond donors (Lipinski definition) is 3. The molecule has 88 valence electrons. The van der Waals surface area contributed by atoms with Crippen molar-refractivity contribution in [3.63, 3.8) is 0 Å². The van der Waals surface area contributed by atoms with Gasteiger partial charge in [0.1, 0.15) is 5.60 Å². The molecule has 0 fully saturated rings. The van der Waals surface area contributed by atoms with Gasteiger partial charge < -0.3 is 9.84 Å². The Morgan fingerprint density at radius 1 is 1.50 bits per heavy atom. The highest BCUT2D eigenvalue weighted by Gasteiger charge is 2.22. The fourth-order valence-corrected chi connectivity index (χ4v) is 0.981. The summed E-state index contributed by atoms with van der Waals surface area (Å²) in [5.74, 6) is -0.659. The van der Waals surface area contributed by atoms with Crippen molar-refractivity contribution in [3.8, 4) is 0 Å². The van der Waals surface area contributed by atoms with E-state index in [1.165, 1.54) is 6.20 Å². The summed E-state index contributed by atoms with van der Waals surface area (Å²) in [5.41, 5.74) is -0.595. The third kappa shape index (κ3) is 3.26. The fourth-order valence-electron chi connectivity index (χ4n) is 0.981. The van der Waals surface area contributed by atoms with Crippen LogP contribution in [0.15, 0.2) is 6.20 Å². The highest BCUT2D eigenvalue weighted by molar-refractivity contribution is 5.97. The van der Waals surface area contributed by atoms with Crippen molar-refractivity contribution in [3.05, 3.63) is 11.9 Å². The molecule has 16 heavy (non-hydrogen) atoms. The summed E-state index contributed by atoms with van der Waals surface area (Å²) in [6.45, 7) is 5.14. The zero-order valence-corrected chi connectivity index (χ0v) is 9.20. The maximum absolute atomic E-state index is 11.6. The topological polar surface area (TPSA) is 104 Å². The van der Waals surface area contributed by atoms with Gasteiger partial charge in [-0.05, 0) is 20.8 Å². The predicted molar refractivity (Wildman–Crippen MR) is 55.4 cm³/mol. The van der Waals surface area contributed by atoms with Crippen molar-refractivity contribution in [2.45, 2.75) is 26.4 Å². The molecule has 0 aliphatic heterocycles. The summed E-state index contributed by atoms with van der Waals surface area (Å²) in [5, 5.41) is 16.5. The average molecular weight is 227 g/mol. The van der Waals surface area contributed by atoms with E-state index in [2.05, 4.69) is 10.2 Å². The molecular formula is C9H13N3O4. The Morgan fingerprint density at radius 2 is 2.12 bits per heavy atom. The van der Waals surface area contributed by atoms with E-state index in [1.807, 2.05) is 5.32 Å². The van der Waals surface area contributed by atoms with E-state index in [-0.39, 0.29) is 11.4 Å². The fraction of sp³-hybridized carbons (Fsp3) is 0.444. The number of carboxylic acid groups (broad SMARTS) is 1. The van der Waals surface area contributed by atoms with E-state index in [0.29, 0.717) is 0 Å². The van der Waals surface area contributed by atoms with E-state index >= 15 is 0 Å². The van der Waals surface area contributed by atoms with Crippen LogP contribution in [0.25, 0.3) is 0 Å². The number of hydrogen-bond acceptors (Lipinski definition) is 4. The summed E-state index contributed by atoms with van der Waals surface area (Å²) >= 11 is 0. The minimum Gasteiger partial charge on any atom is -0.465 e. The molecule has 0 aromatic carbocycles. The second kappa shape index (κ2) is 4.21. The molecule has 3 N–H and O–H groups in total. The minimum atomic E-state index is -1.27. The van der Waals surface area contributed by atoms with Gasteiger partial charge in [0, 0.05) is 0 Å². The van der Waals surface area contributed by atoms with Crippen LogP contribution in [0.2, 0.25) is 0 Å². The third-order valence-electron chi connectivity index (χ3n) is 1.48.